The van der Waals surface area contributed by atoms with Gasteiger partial charge < -0.3 is 18.9 Å². The fraction of sp³-hybridized carbons (Fsp3) is 0.478. The molecule has 1 aliphatic rings. The highest BCUT2D eigenvalue weighted by atomic mass is 16.5. The molecule has 8 nitrogen and oxygen atoms in total. The van der Waals surface area contributed by atoms with Gasteiger partial charge in [-0.3, -0.25) is 14.8 Å². The van der Waals surface area contributed by atoms with Gasteiger partial charge in [-0.15, -0.1) is 0 Å². The molecule has 166 valence electrons. The van der Waals surface area contributed by atoms with Crippen LogP contribution in [-0.2, 0) is 13.6 Å². The van der Waals surface area contributed by atoms with Crippen molar-refractivity contribution in [2.75, 3.05) is 40.3 Å². The Labute approximate surface area is 182 Å². The minimum Gasteiger partial charge on any atom is -0.496 e. The number of rotatable bonds is 6. The summed E-state index contributed by atoms with van der Waals surface area (Å²) in [5.74, 6) is 1.59. The topological polar surface area (TPSA) is 75.6 Å². The number of aromatic nitrogens is 3. The van der Waals surface area contributed by atoms with Crippen molar-refractivity contribution < 1.29 is 9.47 Å². The summed E-state index contributed by atoms with van der Waals surface area (Å²) >= 11 is 0. The molecule has 1 aliphatic heterocycles. The van der Waals surface area contributed by atoms with Gasteiger partial charge in [0.05, 0.1) is 19.4 Å². The summed E-state index contributed by atoms with van der Waals surface area (Å²) in [6.07, 6.45) is 3.56. The Hall–Kier alpha value is -2.84. The number of ether oxygens (including phenoxy) is 2. The molecule has 0 bridgehead atoms. The first-order valence-electron chi connectivity index (χ1n) is 10.7. The number of nitrogens with zero attached hydrogens (tertiary/aromatic N) is 4. The minimum absolute atomic E-state index is 0.0431. The lowest BCUT2D eigenvalue weighted by atomic mass is 9.99. The zero-order chi connectivity index (χ0) is 22.1. The van der Waals surface area contributed by atoms with E-state index < -0.39 is 0 Å². The number of hydrogen-bond donors (Lipinski definition) is 1. The van der Waals surface area contributed by atoms with Crippen molar-refractivity contribution in [1.82, 2.24) is 24.6 Å². The molecule has 4 rings (SSSR count). The molecule has 0 unspecified atom stereocenters. The van der Waals surface area contributed by atoms with E-state index >= 15 is 0 Å². The number of nitrogens with one attached hydrogen (secondary N) is 1. The van der Waals surface area contributed by atoms with Crippen LogP contribution in [0, 0.1) is 0 Å². The predicted molar refractivity (Wildman–Crippen MR) is 122 cm³/mol. The maximum absolute atomic E-state index is 12.5. The van der Waals surface area contributed by atoms with Gasteiger partial charge in [0.25, 0.3) is 5.56 Å². The fourth-order valence-electron chi connectivity index (χ4n) is 4.08. The molecule has 0 amide bonds. The molecule has 3 aromatic rings. The SMILES string of the molecule is COc1cc(CN2CCN(C)CC2)c(OC(C)C)cc1-c1cn(C)c(=O)c2[nH]ncc12. The van der Waals surface area contributed by atoms with E-state index in [9.17, 15) is 4.79 Å². The number of fused-ring (bicyclic) bond motifs is 1. The summed E-state index contributed by atoms with van der Waals surface area (Å²) in [5.41, 5.74) is 3.23. The molecule has 0 aliphatic carbocycles. The van der Waals surface area contributed by atoms with Crippen LogP contribution in [0.5, 0.6) is 11.5 Å². The number of pyridine rings is 1. The van der Waals surface area contributed by atoms with E-state index in [4.69, 9.17) is 9.47 Å². The van der Waals surface area contributed by atoms with Crippen molar-refractivity contribution >= 4 is 10.9 Å². The molecule has 0 atom stereocenters. The van der Waals surface area contributed by atoms with Crippen molar-refractivity contribution in [1.29, 1.82) is 0 Å². The zero-order valence-corrected chi connectivity index (χ0v) is 18.9. The third-order valence-electron chi connectivity index (χ3n) is 5.81. The van der Waals surface area contributed by atoms with Crippen molar-refractivity contribution in [2.45, 2.75) is 26.5 Å². The van der Waals surface area contributed by atoms with E-state index in [2.05, 4.69) is 33.1 Å². The number of aryl methyl sites for hydroxylation is 1. The Morgan fingerprint density at radius 2 is 1.84 bits per heavy atom. The van der Waals surface area contributed by atoms with Crippen molar-refractivity contribution in [2.24, 2.45) is 7.05 Å². The average Bonchev–Trinajstić information content (AvgIpc) is 3.23. The summed E-state index contributed by atoms with van der Waals surface area (Å²) in [6.45, 7) is 9.05. The Bertz CT molecular complexity index is 1130. The van der Waals surface area contributed by atoms with Gasteiger partial charge >= 0.3 is 0 Å². The van der Waals surface area contributed by atoms with Crippen LogP contribution in [0.2, 0.25) is 0 Å². The fourth-order valence-corrected chi connectivity index (χ4v) is 4.08. The van der Waals surface area contributed by atoms with Crippen molar-refractivity contribution in [3.63, 3.8) is 0 Å². The normalized spacial score (nSPS) is 15.7. The van der Waals surface area contributed by atoms with Gasteiger partial charge in [0.2, 0.25) is 0 Å². The summed E-state index contributed by atoms with van der Waals surface area (Å²) in [6, 6.07) is 4.11. The minimum atomic E-state index is -0.111. The Morgan fingerprint density at radius 1 is 1.10 bits per heavy atom. The van der Waals surface area contributed by atoms with E-state index in [1.54, 1.807) is 24.9 Å². The summed E-state index contributed by atoms with van der Waals surface area (Å²) in [7, 11) is 5.58. The van der Waals surface area contributed by atoms with Crippen LogP contribution in [0.25, 0.3) is 22.0 Å². The Morgan fingerprint density at radius 3 is 2.52 bits per heavy atom. The van der Waals surface area contributed by atoms with Gasteiger partial charge in [-0.1, -0.05) is 0 Å². The lowest BCUT2D eigenvalue weighted by Gasteiger charge is -2.33. The maximum Gasteiger partial charge on any atom is 0.276 e. The Balaban J connectivity index is 1.82. The molecule has 1 aromatic carbocycles. The molecule has 1 N–H and O–H groups in total. The maximum atomic E-state index is 12.5. The van der Waals surface area contributed by atoms with Crippen LogP contribution >= 0.6 is 0 Å². The van der Waals surface area contributed by atoms with E-state index in [1.807, 2.05) is 26.1 Å². The number of likely N-dealkylation sites (N-methyl/N-ethyl adjacent to an activating group) is 1. The predicted octanol–water partition coefficient (Wildman–Crippen LogP) is 2.47. The molecular formula is C23H31N5O3. The number of methoxy groups -OCH3 is 1. The monoisotopic (exact) mass is 425 g/mol. The van der Waals surface area contributed by atoms with Crippen molar-refractivity contribution in [3.8, 4) is 22.6 Å². The van der Waals surface area contributed by atoms with Gasteiger partial charge in [0.15, 0.2) is 0 Å². The number of hydrogen-bond acceptors (Lipinski definition) is 6. The highest BCUT2D eigenvalue weighted by Crippen LogP contribution is 2.39. The van der Waals surface area contributed by atoms with Crippen LogP contribution in [-0.4, -0.2) is 71.0 Å². The smallest absolute Gasteiger partial charge is 0.276 e. The summed E-state index contributed by atoms with van der Waals surface area (Å²) in [5, 5.41) is 7.69. The number of H-pyrrole nitrogens is 1. The van der Waals surface area contributed by atoms with Crippen molar-refractivity contribution in [3.05, 3.63) is 40.4 Å². The lowest BCUT2D eigenvalue weighted by molar-refractivity contribution is 0.145. The van der Waals surface area contributed by atoms with Crippen LogP contribution in [0.1, 0.15) is 19.4 Å². The number of aromatic amines is 1. The van der Waals surface area contributed by atoms with Gasteiger partial charge in [0, 0.05) is 68.0 Å². The molecule has 8 heteroatoms. The van der Waals surface area contributed by atoms with Gasteiger partial charge in [0.1, 0.15) is 17.0 Å². The summed E-state index contributed by atoms with van der Waals surface area (Å²) in [4.78, 5) is 17.3. The molecule has 2 aromatic heterocycles. The third kappa shape index (κ3) is 4.31. The van der Waals surface area contributed by atoms with Gasteiger partial charge in [-0.25, -0.2) is 0 Å². The second-order valence-corrected chi connectivity index (χ2v) is 8.52. The first-order valence-corrected chi connectivity index (χ1v) is 10.7. The average molecular weight is 426 g/mol. The second-order valence-electron chi connectivity index (χ2n) is 8.52. The number of benzene rings is 1. The van der Waals surface area contributed by atoms with Crippen LogP contribution in [0.4, 0.5) is 0 Å². The largest absolute Gasteiger partial charge is 0.496 e. The van der Waals surface area contributed by atoms with Crippen LogP contribution in [0.3, 0.4) is 0 Å². The van der Waals surface area contributed by atoms with E-state index in [1.165, 1.54) is 0 Å². The van der Waals surface area contributed by atoms with Gasteiger partial charge in [-0.2, -0.15) is 5.10 Å². The molecular weight excluding hydrogens is 394 g/mol. The van der Waals surface area contributed by atoms with Crippen LogP contribution in [0.15, 0.2) is 29.3 Å². The molecule has 3 heterocycles. The number of piperazine rings is 1. The first kappa shape index (κ1) is 21.4. The van der Waals surface area contributed by atoms with Crippen LogP contribution < -0.4 is 15.0 Å². The van der Waals surface area contributed by atoms with Gasteiger partial charge in [-0.05, 0) is 33.0 Å². The summed E-state index contributed by atoms with van der Waals surface area (Å²) < 4.78 is 13.6. The van der Waals surface area contributed by atoms with E-state index in [-0.39, 0.29) is 11.7 Å². The lowest BCUT2D eigenvalue weighted by Crippen LogP contribution is -2.43. The standard InChI is InChI=1S/C23H31N5O3/c1-15(2)31-20-11-17(19-14-27(4)23(29)22-18(19)12-24-25-22)21(30-5)10-16(20)13-28-8-6-26(3)7-9-28/h10-12,14-15H,6-9,13H2,1-5H3,(H,24,25). The highest BCUT2D eigenvalue weighted by Gasteiger charge is 2.21. The molecule has 1 fully saturated rings. The molecule has 1 saturated heterocycles. The van der Waals surface area contributed by atoms with E-state index in [0.717, 1.165) is 66.3 Å². The zero-order valence-electron chi connectivity index (χ0n) is 18.9. The molecule has 0 saturated carbocycles. The first-order chi connectivity index (χ1) is 14.9. The molecule has 0 spiro atoms. The Kier molecular flexibility index (Phi) is 6.02. The molecule has 0 radical (unpaired) electrons. The third-order valence-corrected chi connectivity index (χ3v) is 5.81. The highest BCUT2D eigenvalue weighted by molar-refractivity contribution is 5.95. The second kappa shape index (κ2) is 8.72. The van der Waals surface area contributed by atoms with E-state index in [0.29, 0.717) is 5.52 Å². The quantitative estimate of drug-likeness (QED) is 0.654. The molecule has 31 heavy (non-hydrogen) atoms.